The number of benzene rings is 2. The smallest absolute Gasteiger partial charge is 0.336 e. The van der Waals surface area contributed by atoms with Gasteiger partial charge in [0.1, 0.15) is 11.4 Å². The van der Waals surface area contributed by atoms with E-state index in [4.69, 9.17) is 0 Å². The van der Waals surface area contributed by atoms with Crippen LogP contribution in [0.1, 0.15) is 51.5 Å². The van der Waals surface area contributed by atoms with Crippen LogP contribution in [0.3, 0.4) is 0 Å². The number of hydrogen-bond donors (Lipinski definition) is 0. The van der Waals surface area contributed by atoms with Crippen molar-refractivity contribution in [3.63, 3.8) is 0 Å². The van der Waals surface area contributed by atoms with Gasteiger partial charge in [0.25, 0.3) is 5.91 Å². The summed E-state index contributed by atoms with van der Waals surface area (Å²) in [6.45, 7) is 2.15. The van der Waals surface area contributed by atoms with Gasteiger partial charge in [-0.25, -0.2) is 22.7 Å². The van der Waals surface area contributed by atoms with E-state index in [1.807, 2.05) is 12.1 Å². The highest BCUT2D eigenvalue weighted by Gasteiger charge is 2.39. The highest BCUT2D eigenvalue weighted by atomic mass is 19.4. The van der Waals surface area contributed by atoms with Gasteiger partial charge < -0.3 is 4.90 Å². The molecule has 3 heterocycles. The number of carbonyl (C=O) groups excluding carboxylic acids is 1. The van der Waals surface area contributed by atoms with E-state index < -0.39 is 35.2 Å². The summed E-state index contributed by atoms with van der Waals surface area (Å²) in [5, 5.41) is 3.90. The van der Waals surface area contributed by atoms with Gasteiger partial charge in [-0.1, -0.05) is 24.3 Å². The van der Waals surface area contributed by atoms with Crippen LogP contribution < -0.4 is 0 Å². The molecule has 0 unspecified atom stereocenters. The Morgan fingerprint density at radius 1 is 1.00 bits per heavy atom. The predicted octanol–water partition coefficient (Wildman–Crippen LogP) is 5.98. The van der Waals surface area contributed by atoms with E-state index >= 15 is 0 Å². The third-order valence-electron chi connectivity index (χ3n) is 7.74. The van der Waals surface area contributed by atoms with Crippen molar-refractivity contribution in [2.45, 2.75) is 38.4 Å². The number of nitrogens with zero attached hydrogens (tertiary/aromatic N) is 5. The summed E-state index contributed by atoms with van der Waals surface area (Å²) >= 11 is 0. The third-order valence-corrected chi connectivity index (χ3v) is 7.74. The van der Waals surface area contributed by atoms with Crippen molar-refractivity contribution < 1.29 is 31.1 Å². The van der Waals surface area contributed by atoms with Gasteiger partial charge in [0.15, 0.2) is 23.0 Å². The molecule has 41 heavy (non-hydrogen) atoms. The first-order valence-electron chi connectivity index (χ1n) is 13.2. The fraction of sp³-hybridized carbons (Fsp3) is 0.345. The number of rotatable bonds is 5. The molecule has 2 aromatic carbocycles. The highest BCUT2D eigenvalue weighted by Crippen LogP contribution is 2.41. The third kappa shape index (κ3) is 5.16. The maximum Gasteiger partial charge on any atom is 0.433 e. The molecule has 1 amide bonds. The van der Waals surface area contributed by atoms with Crippen LogP contribution in [0.15, 0.2) is 42.6 Å². The lowest BCUT2D eigenvalue weighted by molar-refractivity contribution is -0.143. The topological polar surface area (TPSA) is 53.7 Å². The number of halogens is 6. The molecule has 0 atom stereocenters. The molecule has 0 bridgehead atoms. The van der Waals surface area contributed by atoms with Gasteiger partial charge in [-0.05, 0) is 37.3 Å². The van der Waals surface area contributed by atoms with Crippen LogP contribution in [0.4, 0.5) is 26.3 Å². The molecule has 0 N–H and O–H groups in total. The molecule has 12 heteroatoms. The lowest BCUT2D eigenvalue weighted by atomic mass is 10.0. The van der Waals surface area contributed by atoms with E-state index in [0.717, 1.165) is 30.7 Å². The van der Waals surface area contributed by atoms with Crippen molar-refractivity contribution in [2.24, 2.45) is 0 Å². The summed E-state index contributed by atoms with van der Waals surface area (Å²) in [4.78, 5) is 21.2. The van der Waals surface area contributed by atoms with Gasteiger partial charge in [0.05, 0.1) is 11.9 Å². The average Bonchev–Trinajstić information content (AvgIpc) is 3.70. The molecule has 4 aromatic rings. The molecule has 214 valence electrons. The van der Waals surface area contributed by atoms with E-state index in [0.29, 0.717) is 22.1 Å². The van der Waals surface area contributed by atoms with E-state index in [1.165, 1.54) is 11.8 Å². The maximum absolute atomic E-state index is 14.3. The summed E-state index contributed by atoms with van der Waals surface area (Å²) in [5.74, 6) is -3.35. The summed E-state index contributed by atoms with van der Waals surface area (Å²) in [5.41, 5.74) is 0.255. The highest BCUT2D eigenvalue weighted by molar-refractivity contribution is 6.00. The first-order chi connectivity index (χ1) is 19.5. The molecule has 1 saturated heterocycles. The van der Waals surface area contributed by atoms with Crippen molar-refractivity contribution in [3.05, 3.63) is 88.0 Å². The number of piperazine rings is 1. The second-order valence-electron chi connectivity index (χ2n) is 10.6. The molecule has 2 fully saturated rings. The monoisotopic (exact) mass is 573 g/mol. The molecule has 6 rings (SSSR count). The average molecular weight is 574 g/mol. The molecular formula is C29H25F6N5O. The Bertz CT molecular complexity index is 1640. The summed E-state index contributed by atoms with van der Waals surface area (Å²) in [6, 6.07) is 8.71. The number of alkyl halides is 3. The van der Waals surface area contributed by atoms with Gasteiger partial charge in [-0.3, -0.25) is 9.69 Å². The molecule has 6 nitrogen and oxygen atoms in total. The number of carbonyl (C=O) groups is 1. The van der Waals surface area contributed by atoms with Crippen molar-refractivity contribution >= 4 is 11.6 Å². The Morgan fingerprint density at radius 3 is 2.32 bits per heavy atom. The van der Waals surface area contributed by atoms with Gasteiger partial charge in [-0.2, -0.15) is 18.3 Å². The lowest BCUT2D eigenvalue weighted by Crippen LogP contribution is -2.48. The zero-order chi connectivity index (χ0) is 29.1. The summed E-state index contributed by atoms with van der Waals surface area (Å²) < 4.78 is 84.7. The first kappa shape index (κ1) is 27.3. The summed E-state index contributed by atoms with van der Waals surface area (Å²) in [7, 11) is 0. The SMILES string of the molecule is Cc1c(-c2ccc(C3CC3)cc2)nc2c(C(=O)N3CCN(Cc4cc(F)cc(F)c4F)CC3)cnn2c1C(F)(F)F. The fourth-order valence-corrected chi connectivity index (χ4v) is 5.41. The Balaban J connectivity index is 1.28. The maximum atomic E-state index is 14.3. The minimum Gasteiger partial charge on any atom is -0.336 e. The predicted molar refractivity (Wildman–Crippen MR) is 138 cm³/mol. The molecule has 1 aliphatic heterocycles. The van der Waals surface area contributed by atoms with Crippen LogP contribution in [0, 0.1) is 24.4 Å². The molecule has 2 aliphatic rings. The largest absolute Gasteiger partial charge is 0.433 e. The Kier molecular flexibility index (Phi) is 6.75. The quantitative estimate of drug-likeness (QED) is 0.218. The first-order valence-corrected chi connectivity index (χ1v) is 13.2. The van der Waals surface area contributed by atoms with Crippen molar-refractivity contribution in [1.29, 1.82) is 0 Å². The normalized spacial score (nSPS) is 16.5. The van der Waals surface area contributed by atoms with Gasteiger partial charge >= 0.3 is 6.18 Å². The van der Waals surface area contributed by atoms with Gasteiger partial charge in [-0.15, -0.1) is 0 Å². The Labute approximate surface area is 231 Å². The van der Waals surface area contributed by atoms with Crippen LogP contribution in [0.2, 0.25) is 0 Å². The number of amides is 1. The van der Waals surface area contributed by atoms with Crippen molar-refractivity contribution in [1.82, 2.24) is 24.4 Å². The molecule has 0 spiro atoms. The van der Waals surface area contributed by atoms with E-state index in [1.54, 1.807) is 17.0 Å². The number of fused-ring (bicyclic) bond motifs is 1. The van der Waals surface area contributed by atoms with Crippen molar-refractivity contribution in [2.75, 3.05) is 26.2 Å². The zero-order valence-corrected chi connectivity index (χ0v) is 22.0. The van der Waals surface area contributed by atoms with Crippen LogP contribution >= 0.6 is 0 Å². The van der Waals surface area contributed by atoms with Crippen LogP contribution in [-0.4, -0.2) is 56.5 Å². The van der Waals surface area contributed by atoms with Crippen LogP contribution in [0.25, 0.3) is 16.9 Å². The van der Waals surface area contributed by atoms with Crippen LogP contribution in [-0.2, 0) is 12.7 Å². The second kappa shape index (κ2) is 10.2. The Morgan fingerprint density at radius 2 is 1.68 bits per heavy atom. The van der Waals surface area contributed by atoms with Gasteiger partial charge in [0, 0.05) is 55.5 Å². The van der Waals surface area contributed by atoms with Gasteiger partial charge in [0.2, 0.25) is 0 Å². The minimum atomic E-state index is -4.75. The standard InChI is InChI=1S/C29H25F6N5O/c1-16-25(19-6-4-18(5-7-19)17-2-3-17)37-27-22(14-36-40(27)26(16)29(33,34)35)28(41)39-10-8-38(9-11-39)15-20-12-21(30)13-23(31)24(20)32/h4-7,12-14,17H,2-3,8-11,15H2,1H3. The fourth-order valence-electron chi connectivity index (χ4n) is 5.41. The number of aromatic nitrogens is 3. The summed E-state index contributed by atoms with van der Waals surface area (Å²) in [6.07, 6.45) is -1.47. The molecule has 1 saturated carbocycles. The molecule has 0 radical (unpaired) electrons. The lowest BCUT2D eigenvalue weighted by Gasteiger charge is -2.34. The molecule has 2 aromatic heterocycles. The van der Waals surface area contributed by atoms with Crippen LogP contribution in [0.5, 0.6) is 0 Å². The van der Waals surface area contributed by atoms with E-state index in [-0.39, 0.29) is 60.8 Å². The van der Waals surface area contributed by atoms with Crippen molar-refractivity contribution in [3.8, 4) is 11.3 Å². The zero-order valence-electron chi connectivity index (χ0n) is 22.0. The second-order valence-corrected chi connectivity index (χ2v) is 10.6. The molecular weight excluding hydrogens is 548 g/mol. The molecule has 1 aliphatic carbocycles. The Hall–Kier alpha value is -3.93. The minimum absolute atomic E-state index is 0.0576. The van der Waals surface area contributed by atoms with E-state index in [9.17, 15) is 31.1 Å². The van der Waals surface area contributed by atoms with E-state index in [2.05, 4.69) is 10.1 Å². The number of hydrogen-bond acceptors (Lipinski definition) is 4.